The Hall–Kier alpha value is -16.8. The zero-order valence-electron chi connectivity index (χ0n) is 79.1. The Kier molecular flexibility index (Phi) is 23.3. The van der Waals surface area contributed by atoms with Crippen molar-refractivity contribution in [1.29, 1.82) is 0 Å². The molecular formula is C138H88Br4N4. The van der Waals surface area contributed by atoms with Crippen LogP contribution in [0.15, 0.2) is 552 Å². The normalized spacial score (nSPS) is 12.1. The summed E-state index contributed by atoms with van der Waals surface area (Å²) < 4.78 is 4.36. The van der Waals surface area contributed by atoms with E-state index in [1.807, 2.05) is 0 Å². The van der Waals surface area contributed by atoms with Gasteiger partial charge in [-0.2, -0.15) is 0 Å². The molecular weight excluding hydrogens is 2030 g/mol. The Labute approximate surface area is 882 Å². The van der Waals surface area contributed by atoms with Gasteiger partial charge >= 0.3 is 0 Å². The van der Waals surface area contributed by atoms with E-state index in [1.54, 1.807) is 0 Å². The minimum Gasteiger partial charge on any atom is -0.309 e. The predicted octanol–water partition coefficient (Wildman–Crippen LogP) is 42.2. The Morgan fingerprint density at radius 3 is 0.925 bits per heavy atom. The molecule has 0 aliphatic carbocycles. The first-order valence-corrected chi connectivity index (χ1v) is 52.5. The van der Waals surface area contributed by atoms with Crippen molar-refractivity contribution in [2.45, 2.75) is 0 Å². The van der Waals surface area contributed by atoms with E-state index in [9.17, 15) is 0 Å². The van der Waals surface area contributed by atoms with E-state index in [-0.39, 0.29) is 0 Å². The van der Waals surface area contributed by atoms with Gasteiger partial charge in [0.25, 0.3) is 0 Å². The minimum atomic E-state index is 1.09. The molecule has 4 nitrogen and oxygen atoms in total. The molecule has 0 atom stereocenters. The molecule has 0 saturated carbocycles. The van der Waals surface area contributed by atoms with Gasteiger partial charge in [0.15, 0.2) is 0 Å². The lowest BCUT2D eigenvalue weighted by atomic mass is 9.87. The van der Waals surface area contributed by atoms with Gasteiger partial charge in [-0.05, 0) is 296 Å². The topological polar surface area (TPSA) is 13.0 Å². The molecule has 29 rings (SSSR count). The highest BCUT2D eigenvalue weighted by Gasteiger charge is 2.34. The molecule has 0 bridgehead atoms. The summed E-state index contributed by atoms with van der Waals surface area (Å²) in [5.41, 5.74) is 41.6. The van der Waals surface area contributed by atoms with Crippen LogP contribution in [0.2, 0.25) is 0 Å². The Morgan fingerprint density at radius 2 is 0.418 bits per heavy atom. The minimum absolute atomic E-state index is 1.09. The summed E-state index contributed by atoms with van der Waals surface area (Å²) in [5.74, 6) is 0. The SMILES string of the molecule is Brc1ccc(-c2ccc3c(c2)-c2cccc4cccc(c24)N3c2ccc3ccccc3c2)cc1.Brc1ccc(-c2cccc(-c3ccc4c(c3)-c3cccc5cccc(c35)N4c3cccc4ccccc34)c2)cc1.Brc1ccc(-c2cccc(-c3cccc4c3N(c3ccccc3)c3cccc5cccc-4c35)c2)cc1.Brc1cccc(-c2ccc3c(c2)-c2cccc4cccc(c24)N3c2ccc(-c3ccccc3)cc2)c1. The fraction of sp³-hybridized carbons (Fsp3) is 0. The van der Waals surface area contributed by atoms with Gasteiger partial charge in [0.2, 0.25) is 0 Å². The third kappa shape index (κ3) is 16.4. The van der Waals surface area contributed by atoms with Crippen molar-refractivity contribution in [2.75, 3.05) is 19.6 Å². The third-order valence-electron chi connectivity index (χ3n) is 28.9. The number of benzene rings is 25. The first-order valence-electron chi connectivity index (χ1n) is 49.3. The second-order valence-corrected chi connectivity index (χ2v) is 41.1. The van der Waals surface area contributed by atoms with Crippen LogP contribution in [0.1, 0.15) is 0 Å². The predicted molar refractivity (Wildman–Crippen MR) is 634 cm³/mol. The van der Waals surface area contributed by atoms with Crippen LogP contribution in [0.4, 0.5) is 68.2 Å². The van der Waals surface area contributed by atoms with Gasteiger partial charge in [-0.3, -0.25) is 0 Å². The number of halogens is 4. The number of para-hydroxylation sites is 2. The monoisotopic (exact) mass is 2120 g/mol. The van der Waals surface area contributed by atoms with Crippen LogP contribution in [0.3, 0.4) is 0 Å². The van der Waals surface area contributed by atoms with Gasteiger partial charge in [0.1, 0.15) is 0 Å². The molecule has 4 aliphatic heterocycles. The van der Waals surface area contributed by atoms with E-state index >= 15 is 0 Å². The molecule has 8 heteroatoms. The molecule has 146 heavy (non-hydrogen) atoms. The smallest absolute Gasteiger partial charge is 0.0618 e. The molecule has 25 aromatic rings. The van der Waals surface area contributed by atoms with Gasteiger partial charge in [0.05, 0.1) is 51.2 Å². The van der Waals surface area contributed by atoms with E-state index in [1.165, 1.54) is 244 Å². The highest BCUT2D eigenvalue weighted by molar-refractivity contribution is 9.11. The molecule has 4 aliphatic rings. The van der Waals surface area contributed by atoms with Crippen molar-refractivity contribution in [3.8, 4) is 122 Å². The van der Waals surface area contributed by atoms with Gasteiger partial charge in [-0.1, -0.05) is 434 Å². The van der Waals surface area contributed by atoms with E-state index in [4.69, 9.17) is 0 Å². The summed E-state index contributed by atoms with van der Waals surface area (Å²) >= 11 is 14.3. The van der Waals surface area contributed by atoms with Gasteiger partial charge < -0.3 is 19.6 Å². The van der Waals surface area contributed by atoms with Gasteiger partial charge in [-0.15, -0.1) is 0 Å². The molecule has 0 fully saturated rings. The van der Waals surface area contributed by atoms with Crippen molar-refractivity contribution >= 4 is 197 Å². The van der Waals surface area contributed by atoms with Crippen LogP contribution in [-0.4, -0.2) is 0 Å². The fourth-order valence-electron chi connectivity index (χ4n) is 22.2. The number of hydrogen-bond acceptors (Lipinski definition) is 4. The summed E-state index contributed by atoms with van der Waals surface area (Å²) in [7, 11) is 0. The van der Waals surface area contributed by atoms with Crippen molar-refractivity contribution in [3.05, 3.63) is 552 Å². The first kappa shape index (κ1) is 89.3. The third-order valence-corrected chi connectivity index (χ3v) is 31.0. The highest BCUT2D eigenvalue weighted by atomic mass is 79.9. The molecule has 688 valence electrons. The summed E-state index contributed by atoms with van der Waals surface area (Å²) in [5, 5.41) is 15.2. The number of hydrogen-bond donors (Lipinski definition) is 0. The maximum Gasteiger partial charge on any atom is 0.0618 e. The van der Waals surface area contributed by atoms with Crippen molar-refractivity contribution in [3.63, 3.8) is 0 Å². The maximum absolute atomic E-state index is 3.63. The summed E-state index contributed by atoms with van der Waals surface area (Å²) in [6.07, 6.45) is 0. The molecule has 0 radical (unpaired) electrons. The zero-order chi connectivity index (χ0) is 97.4. The number of fused-ring (bicyclic) bond motifs is 10. The van der Waals surface area contributed by atoms with Crippen LogP contribution in [0.25, 0.3) is 187 Å². The van der Waals surface area contributed by atoms with Crippen LogP contribution < -0.4 is 19.6 Å². The molecule has 0 N–H and O–H groups in total. The second-order valence-electron chi connectivity index (χ2n) is 37.4. The molecule has 4 heterocycles. The van der Waals surface area contributed by atoms with Crippen LogP contribution in [0.5, 0.6) is 0 Å². The van der Waals surface area contributed by atoms with Crippen molar-refractivity contribution in [2.24, 2.45) is 0 Å². The molecule has 25 aromatic carbocycles. The van der Waals surface area contributed by atoms with Gasteiger partial charge in [0, 0.05) is 89.7 Å². The van der Waals surface area contributed by atoms with E-state index < -0.39 is 0 Å². The number of rotatable bonds is 11. The number of anilines is 12. The van der Waals surface area contributed by atoms with E-state index in [0.717, 1.165) is 29.3 Å². The molecule has 0 aromatic heterocycles. The number of nitrogens with zero attached hydrogens (tertiary/aromatic N) is 4. The van der Waals surface area contributed by atoms with Crippen LogP contribution in [-0.2, 0) is 0 Å². The molecule has 0 spiro atoms. The summed E-state index contributed by atoms with van der Waals surface area (Å²) in [6, 6.07) is 193. The highest BCUT2D eigenvalue weighted by Crippen LogP contribution is 2.59. The zero-order valence-corrected chi connectivity index (χ0v) is 85.5. The average Bonchev–Trinajstić information content (AvgIpc) is 0.674. The molecule has 0 amide bonds. The van der Waals surface area contributed by atoms with Crippen LogP contribution in [0, 0.1) is 0 Å². The van der Waals surface area contributed by atoms with Crippen molar-refractivity contribution < 1.29 is 0 Å². The van der Waals surface area contributed by atoms with Crippen LogP contribution >= 0.6 is 63.7 Å². The Bertz CT molecular complexity index is 9410. The van der Waals surface area contributed by atoms with E-state index in [2.05, 4.69) is 617 Å². The quantitative estimate of drug-likeness (QED) is 0.128. The van der Waals surface area contributed by atoms with Gasteiger partial charge in [-0.25, -0.2) is 0 Å². The second kappa shape index (κ2) is 38.1. The lowest BCUT2D eigenvalue weighted by molar-refractivity contribution is 1.28. The Morgan fingerprint density at radius 1 is 0.123 bits per heavy atom. The largest absolute Gasteiger partial charge is 0.309 e. The molecule has 0 saturated heterocycles. The summed E-state index contributed by atoms with van der Waals surface area (Å²) in [4.78, 5) is 9.72. The average molecular weight is 2120 g/mol. The van der Waals surface area contributed by atoms with E-state index in [0.29, 0.717) is 0 Å². The molecule has 0 unspecified atom stereocenters. The fourth-order valence-corrected chi connectivity index (χ4v) is 23.4. The lowest BCUT2D eigenvalue weighted by Crippen LogP contribution is -2.16. The van der Waals surface area contributed by atoms with Crippen molar-refractivity contribution in [1.82, 2.24) is 0 Å². The lowest BCUT2D eigenvalue weighted by Gasteiger charge is -2.35. The summed E-state index contributed by atoms with van der Waals surface area (Å²) in [6.45, 7) is 0. The maximum atomic E-state index is 3.63. The standard InChI is InChI=1S/C38H24BrN.2C34H22BrN.C32H20BrN/c39-31-20-17-25(18-21-31)28-11-3-12-29(23-28)30-19-22-36-34(24-30)33-14-4-9-27-10-6-16-37(38(27)33)40(36)35-15-5-8-26-7-1-2-13-32(26)35;35-27-20-18-23(19-21-27)25-10-4-11-26(22-25)29-14-7-16-31-30-15-5-8-24-9-6-17-32(33(24)30)36(34(29)31)28-12-2-1-3-13-28;35-28-12-4-11-26(21-28)27-17-20-32-31(22-27)30-13-5-9-25-10-6-14-33(34(25)30)36(32)29-18-15-24(16-19-29)23-7-2-1-3-8-23;33-26-15-11-22(12-16-26)25-14-18-30-29(20-25)28-9-3-7-23-8-4-10-31(32(23)28)34(30)27-17-13-21-5-1-2-6-24(21)19-27/h1-24H;2*1-22H;1-20H. The first-order chi connectivity index (χ1) is 72.0. The Balaban J connectivity index is 0.0000000991.